The highest BCUT2D eigenvalue weighted by atomic mass is 16.4. The molecular formula is C111H113N10O5+5. The van der Waals surface area contributed by atoms with Crippen molar-refractivity contribution in [3.05, 3.63) is 299 Å². The van der Waals surface area contributed by atoms with Crippen LogP contribution in [0.1, 0.15) is 165 Å². The summed E-state index contributed by atoms with van der Waals surface area (Å²) in [4.78, 5) is 23.9. The van der Waals surface area contributed by atoms with E-state index in [1.54, 1.807) is 0 Å². The topological polar surface area (TPSA) is 150 Å². The van der Waals surface area contributed by atoms with Gasteiger partial charge < -0.3 is 22.1 Å². The maximum Gasteiger partial charge on any atom is 0.227 e. The summed E-state index contributed by atoms with van der Waals surface area (Å²) in [5.74, 6) is 1.19. The van der Waals surface area contributed by atoms with Crippen LogP contribution < -0.4 is 22.8 Å². The Labute approximate surface area is 736 Å². The standard InChI is InChI=1S/C24H25N2O.C23H23N2O.C23H25N2O.C21H21N2O.C20H19N2O/c1-16-11-12-18-19-13-14-20(17-8-4-3-5-9-17)25-24(19)27-23(18)22(16)21-10-6-7-15-26(21)2;1-15-10-11-17-18-12-13-19(16-7-3-4-8-16)24-23(18)26-22(17)21(15)20-9-5-6-14-25(20)2;1-15-9-11-17-18-12-10-16(14-23(2,3)4)24-22(18)26-21(17)20(15)19-8-6-7-13-25(19)5;1-5-15-7-9-17-16-8-6-14(3)19(20(16)24-21(17)22-15)18-12-13(2)10-11-23(18)4;1-12-9-10-22(4)17(11-12)18-13(2)5-7-15-16-8-6-14(3)21-20(16)23-19(15)18/h6-7,10-15,17H,3-5,8-9H2,1-2H3;5-6,9-14,16H,3-4,7-8H2,1-2H3;6-13H,14H2,1-5H3;6-12H,5H2,1-4H3;5-11H,1-4H3/q5*+1. The first-order valence-corrected chi connectivity index (χ1v) is 44.8. The molecule has 5 aromatic carbocycles. The highest BCUT2D eigenvalue weighted by Crippen LogP contribution is 2.45. The molecule has 22 rings (SSSR count). The minimum Gasteiger partial charge on any atom is -0.437 e. The summed E-state index contributed by atoms with van der Waals surface area (Å²) < 4.78 is 42.1. The van der Waals surface area contributed by atoms with Gasteiger partial charge in [0.25, 0.3) is 0 Å². The quantitative estimate of drug-likeness (QED) is 0.128. The third-order valence-electron chi connectivity index (χ3n) is 25.8. The molecule has 20 aromatic rings. The second-order valence-corrected chi connectivity index (χ2v) is 36.4. The highest BCUT2D eigenvalue weighted by Gasteiger charge is 2.30. The minimum atomic E-state index is 0.201. The van der Waals surface area contributed by atoms with Gasteiger partial charge in [0.1, 0.15) is 35.2 Å². The molecule has 2 aliphatic rings. The van der Waals surface area contributed by atoms with Gasteiger partial charge in [0.05, 0.1) is 27.8 Å². The number of rotatable bonds is 9. The molecule has 126 heavy (non-hydrogen) atoms. The average Bonchev–Trinajstić information content (AvgIpc) is 1.62. The Kier molecular flexibility index (Phi) is 22.9. The Bertz CT molecular complexity index is 7590. The number of aromatic nitrogens is 10. The van der Waals surface area contributed by atoms with Crippen molar-refractivity contribution in [3.63, 3.8) is 0 Å². The molecule has 0 atom stereocenters. The SMILES string of the molecule is CCc1ccc2c(n1)oc1c(-c3cc(C)cc[n+]3C)c(C)ccc12.Cc1cc[n+](C)c(-c2c(C)ccc3c2oc2nc(C)ccc23)c1.Cc1ccc2c(oc3nc(C4CCCC4)ccc32)c1-c1cccc[n+]1C.Cc1ccc2c(oc3nc(C4CCCCC4)ccc32)c1-c1cccc[n+]1C.Cc1ccc2c(oc3nc(CC(C)(C)C)ccc32)c1-c1cccc[n+]1C. The van der Waals surface area contributed by atoms with Gasteiger partial charge in [-0.3, -0.25) is 0 Å². The summed E-state index contributed by atoms with van der Waals surface area (Å²) in [6, 6.07) is 70.5. The molecule has 0 saturated heterocycles. The minimum absolute atomic E-state index is 0.201. The molecule has 632 valence electrons. The molecule has 15 nitrogen and oxygen atoms in total. The summed E-state index contributed by atoms with van der Waals surface area (Å²) in [6.07, 6.45) is 23.9. The molecule has 15 heteroatoms. The Hall–Kier alpha value is -13.4. The van der Waals surface area contributed by atoms with Crippen molar-refractivity contribution >= 4 is 110 Å². The number of aryl methyl sites for hydroxylation is 14. The summed E-state index contributed by atoms with van der Waals surface area (Å²) in [5, 5.41) is 11.1. The molecular weight excluding hydrogens is 1550 g/mol. The van der Waals surface area contributed by atoms with Crippen molar-refractivity contribution in [2.45, 2.75) is 166 Å². The van der Waals surface area contributed by atoms with Crippen LogP contribution in [0.2, 0.25) is 0 Å². The van der Waals surface area contributed by atoms with Crippen molar-refractivity contribution in [2.75, 3.05) is 0 Å². The van der Waals surface area contributed by atoms with Crippen molar-refractivity contribution in [2.24, 2.45) is 40.7 Å². The van der Waals surface area contributed by atoms with Crippen molar-refractivity contribution in [3.8, 4) is 56.3 Å². The van der Waals surface area contributed by atoms with E-state index >= 15 is 0 Å². The van der Waals surface area contributed by atoms with E-state index in [1.165, 1.54) is 108 Å². The fourth-order valence-electron chi connectivity index (χ4n) is 19.0. The van der Waals surface area contributed by atoms with Gasteiger partial charge in [-0.2, -0.15) is 0 Å². The number of furan rings is 5. The van der Waals surface area contributed by atoms with Gasteiger partial charge in [0.15, 0.2) is 58.9 Å². The lowest BCUT2D eigenvalue weighted by Crippen LogP contribution is -2.30. The highest BCUT2D eigenvalue weighted by molar-refractivity contribution is 6.13. The number of hydrogen-bond donors (Lipinski definition) is 0. The van der Waals surface area contributed by atoms with Gasteiger partial charge in [-0.15, -0.1) is 0 Å². The molecule has 2 fully saturated rings. The Morgan fingerprint density at radius 3 is 0.937 bits per heavy atom. The maximum absolute atomic E-state index is 6.38. The lowest BCUT2D eigenvalue weighted by atomic mass is 9.86. The molecule has 0 unspecified atom stereocenters. The summed E-state index contributed by atoms with van der Waals surface area (Å²) in [5.41, 5.74) is 34.1. The van der Waals surface area contributed by atoms with Gasteiger partial charge >= 0.3 is 0 Å². The normalized spacial score (nSPS) is 13.3. The first kappa shape index (κ1) is 83.5. The number of benzene rings is 5. The van der Waals surface area contributed by atoms with Gasteiger partial charge in [-0.1, -0.05) is 120 Å². The first-order valence-electron chi connectivity index (χ1n) is 44.8. The van der Waals surface area contributed by atoms with Crippen molar-refractivity contribution in [1.29, 1.82) is 0 Å². The largest absolute Gasteiger partial charge is 0.437 e. The zero-order valence-electron chi connectivity index (χ0n) is 75.9. The van der Waals surface area contributed by atoms with Gasteiger partial charge in [0, 0.05) is 155 Å². The van der Waals surface area contributed by atoms with E-state index < -0.39 is 0 Å². The number of fused-ring (bicyclic) bond motifs is 15. The van der Waals surface area contributed by atoms with Crippen LogP contribution in [0.4, 0.5) is 0 Å². The molecule has 2 saturated carbocycles. The zero-order valence-corrected chi connectivity index (χ0v) is 75.9. The van der Waals surface area contributed by atoms with Crippen LogP contribution in [0.3, 0.4) is 0 Å². The van der Waals surface area contributed by atoms with Gasteiger partial charge in [0.2, 0.25) is 57.0 Å². The Balaban J connectivity index is 0.000000107. The Morgan fingerprint density at radius 2 is 0.587 bits per heavy atom. The predicted molar refractivity (Wildman–Crippen MR) is 508 cm³/mol. The van der Waals surface area contributed by atoms with E-state index in [1.807, 2.05) is 25.1 Å². The van der Waals surface area contributed by atoms with E-state index in [2.05, 4.69) is 357 Å². The fourth-order valence-corrected chi connectivity index (χ4v) is 19.0. The van der Waals surface area contributed by atoms with Crippen LogP contribution in [0.25, 0.3) is 167 Å². The number of nitrogens with zero attached hydrogens (tertiary/aromatic N) is 10. The second kappa shape index (κ2) is 34.6. The molecule has 0 radical (unpaired) electrons. The molecule has 15 heterocycles. The van der Waals surface area contributed by atoms with Crippen LogP contribution in [-0.2, 0) is 48.1 Å². The van der Waals surface area contributed by atoms with Gasteiger partial charge in [-0.25, -0.2) is 47.8 Å². The third kappa shape index (κ3) is 16.3. The summed E-state index contributed by atoms with van der Waals surface area (Å²) in [7, 11) is 10.4. The maximum atomic E-state index is 6.38. The first-order chi connectivity index (χ1) is 60.9. The van der Waals surface area contributed by atoms with Crippen molar-refractivity contribution < 1.29 is 44.9 Å². The monoisotopic (exact) mass is 1670 g/mol. The molecule has 0 spiro atoms. The second-order valence-electron chi connectivity index (χ2n) is 36.4. The van der Waals surface area contributed by atoms with Gasteiger partial charge in [-0.05, 0) is 217 Å². The van der Waals surface area contributed by atoms with E-state index in [4.69, 9.17) is 37.0 Å². The summed E-state index contributed by atoms with van der Waals surface area (Å²) >= 11 is 0. The van der Waals surface area contributed by atoms with E-state index in [9.17, 15) is 0 Å². The van der Waals surface area contributed by atoms with Crippen LogP contribution >= 0.6 is 0 Å². The van der Waals surface area contributed by atoms with E-state index in [-0.39, 0.29) is 5.41 Å². The van der Waals surface area contributed by atoms with Crippen LogP contribution in [-0.4, -0.2) is 24.9 Å². The van der Waals surface area contributed by atoms with Crippen LogP contribution in [0.5, 0.6) is 0 Å². The lowest BCUT2D eigenvalue weighted by Gasteiger charge is -2.20. The molecule has 2 aliphatic carbocycles. The average molecular weight is 1670 g/mol. The summed E-state index contributed by atoms with van der Waals surface area (Å²) in [6.45, 7) is 25.7. The smallest absolute Gasteiger partial charge is 0.227 e. The van der Waals surface area contributed by atoms with E-state index in [0.29, 0.717) is 17.5 Å². The fraction of sp³-hybridized carbons (Fsp3) is 0.279. The zero-order chi connectivity index (χ0) is 87.5. The lowest BCUT2D eigenvalue weighted by molar-refractivity contribution is -0.660. The third-order valence-corrected chi connectivity index (χ3v) is 25.8. The van der Waals surface area contributed by atoms with Crippen LogP contribution in [0, 0.1) is 60.8 Å². The molecule has 0 aliphatic heterocycles. The number of pyridine rings is 10. The number of hydrogen-bond acceptors (Lipinski definition) is 10. The van der Waals surface area contributed by atoms with E-state index in [0.717, 1.165) is 191 Å². The molecule has 0 amide bonds. The molecule has 0 bridgehead atoms. The van der Waals surface area contributed by atoms with Crippen molar-refractivity contribution in [1.82, 2.24) is 24.9 Å². The van der Waals surface area contributed by atoms with Crippen LogP contribution in [0.15, 0.2) is 253 Å². The predicted octanol–water partition coefficient (Wildman–Crippen LogP) is 25.7. The molecule has 15 aromatic heterocycles. The Morgan fingerprint density at radius 1 is 0.294 bits per heavy atom. The molecule has 0 N–H and O–H groups in total.